The lowest BCUT2D eigenvalue weighted by Gasteiger charge is -2.25. The monoisotopic (exact) mass is 244 g/mol. The molecule has 0 saturated heterocycles. The van der Waals surface area contributed by atoms with Crippen LogP contribution in [0.2, 0.25) is 0 Å². The van der Waals surface area contributed by atoms with E-state index in [2.05, 4.69) is 0 Å². The molecule has 2 N–H and O–H groups in total. The smallest absolute Gasteiger partial charge is 0.306 e. The van der Waals surface area contributed by atoms with E-state index in [9.17, 15) is 9.59 Å². The molecular formula is C13H24O4. The standard InChI is InChI=1S/C13H24O4/c1-5-8(3)10(12(14)15)7-11(13(16)17)9(4)6-2/h8-11H,5-7H2,1-4H3,(H,14,15)(H,16,17)/t8-,9-,10-,11-/m0/s1. The van der Waals surface area contributed by atoms with Gasteiger partial charge in [0.15, 0.2) is 0 Å². The van der Waals surface area contributed by atoms with Crippen LogP contribution in [0.25, 0.3) is 0 Å². The Morgan fingerprint density at radius 3 is 1.35 bits per heavy atom. The Morgan fingerprint density at radius 1 is 0.882 bits per heavy atom. The van der Waals surface area contributed by atoms with E-state index in [1.807, 2.05) is 27.7 Å². The van der Waals surface area contributed by atoms with Gasteiger partial charge in [0, 0.05) is 0 Å². The van der Waals surface area contributed by atoms with Crippen LogP contribution in [0.15, 0.2) is 0 Å². The summed E-state index contributed by atoms with van der Waals surface area (Å²) in [5, 5.41) is 18.3. The largest absolute Gasteiger partial charge is 0.481 e. The van der Waals surface area contributed by atoms with Gasteiger partial charge in [-0.25, -0.2) is 0 Å². The lowest BCUT2D eigenvalue weighted by atomic mass is 9.79. The lowest BCUT2D eigenvalue weighted by molar-refractivity contribution is -0.148. The maximum Gasteiger partial charge on any atom is 0.306 e. The highest BCUT2D eigenvalue weighted by atomic mass is 16.4. The fourth-order valence-corrected chi connectivity index (χ4v) is 2.00. The molecule has 0 amide bonds. The van der Waals surface area contributed by atoms with E-state index in [-0.39, 0.29) is 18.3 Å². The Morgan fingerprint density at radius 2 is 1.18 bits per heavy atom. The van der Waals surface area contributed by atoms with Crippen molar-refractivity contribution in [2.24, 2.45) is 23.7 Å². The number of rotatable bonds is 8. The first kappa shape index (κ1) is 15.9. The van der Waals surface area contributed by atoms with Crippen LogP contribution in [0.5, 0.6) is 0 Å². The predicted molar refractivity (Wildman–Crippen MR) is 65.8 cm³/mol. The third kappa shape index (κ3) is 4.75. The van der Waals surface area contributed by atoms with Crippen molar-refractivity contribution in [1.82, 2.24) is 0 Å². The fraction of sp³-hybridized carbons (Fsp3) is 0.846. The third-order valence-corrected chi connectivity index (χ3v) is 3.80. The van der Waals surface area contributed by atoms with E-state index in [1.54, 1.807) is 0 Å². The molecule has 0 fully saturated rings. The zero-order valence-electron chi connectivity index (χ0n) is 11.1. The zero-order valence-corrected chi connectivity index (χ0v) is 11.1. The minimum absolute atomic E-state index is 0.0124. The third-order valence-electron chi connectivity index (χ3n) is 3.80. The van der Waals surface area contributed by atoms with Gasteiger partial charge in [-0.1, -0.05) is 40.5 Å². The highest BCUT2D eigenvalue weighted by Gasteiger charge is 2.32. The molecule has 0 aromatic rings. The van der Waals surface area contributed by atoms with E-state index in [4.69, 9.17) is 10.2 Å². The van der Waals surface area contributed by atoms with Crippen LogP contribution < -0.4 is 0 Å². The summed E-state index contributed by atoms with van der Waals surface area (Å²) in [5.74, 6) is -2.86. The molecule has 0 aromatic heterocycles. The van der Waals surface area contributed by atoms with Crippen molar-refractivity contribution in [3.63, 3.8) is 0 Å². The van der Waals surface area contributed by atoms with Crippen molar-refractivity contribution >= 4 is 11.9 Å². The molecule has 0 aliphatic rings. The Kier molecular flexibility index (Phi) is 6.85. The van der Waals surface area contributed by atoms with Gasteiger partial charge in [-0.3, -0.25) is 9.59 Å². The molecule has 0 aliphatic carbocycles. The average molecular weight is 244 g/mol. The first-order valence-electron chi connectivity index (χ1n) is 6.30. The Bertz CT molecular complexity index is 236. The summed E-state index contributed by atoms with van der Waals surface area (Å²) in [6, 6.07) is 0. The summed E-state index contributed by atoms with van der Waals surface area (Å²) in [7, 11) is 0. The van der Waals surface area contributed by atoms with Crippen LogP contribution in [-0.2, 0) is 9.59 Å². The SMILES string of the molecule is CC[C@H](C)[C@H](C[C@H](C(=O)O)[C@@H](C)CC)C(=O)O. The molecule has 0 aliphatic heterocycles. The van der Waals surface area contributed by atoms with E-state index in [0.29, 0.717) is 0 Å². The Labute approximate surface area is 103 Å². The number of hydrogen-bond acceptors (Lipinski definition) is 2. The number of carboxylic acids is 2. The minimum Gasteiger partial charge on any atom is -0.481 e. The van der Waals surface area contributed by atoms with Gasteiger partial charge in [0.2, 0.25) is 0 Å². The fourth-order valence-electron chi connectivity index (χ4n) is 2.00. The maximum absolute atomic E-state index is 11.2. The van der Waals surface area contributed by atoms with Gasteiger partial charge in [0.05, 0.1) is 11.8 Å². The van der Waals surface area contributed by atoms with Gasteiger partial charge in [0.1, 0.15) is 0 Å². The molecule has 17 heavy (non-hydrogen) atoms. The van der Waals surface area contributed by atoms with Gasteiger partial charge in [-0.15, -0.1) is 0 Å². The summed E-state index contributed by atoms with van der Waals surface area (Å²) in [6.07, 6.45) is 1.74. The second kappa shape index (κ2) is 7.30. The first-order valence-corrected chi connectivity index (χ1v) is 6.30. The van der Waals surface area contributed by atoms with Gasteiger partial charge in [0.25, 0.3) is 0 Å². The molecule has 0 saturated carbocycles. The second-order valence-electron chi connectivity index (χ2n) is 4.90. The molecule has 0 rings (SSSR count). The quantitative estimate of drug-likeness (QED) is 0.688. The van der Waals surface area contributed by atoms with Crippen LogP contribution in [0, 0.1) is 23.7 Å². The van der Waals surface area contributed by atoms with Crippen molar-refractivity contribution < 1.29 is 19.8 Å². The number of carboxylic acid groups (broad SMARTS) is 2. The van der Waals surface area contributed by atoms with Gasteiger partial charge in [-0.2, -0.15) is 0 Å². The van der Waals surface area contributed by atoms with E-state index < -0.39 is 23.8 Å². The zero-order chi connectivity index (χ0) is 13.6. The highest BCUT2D eigenvalue weighted by molar-refractivity contribution is 5.74. The normalized spacial score (nSPS) is 18.1. The number of hydrogen-bond donors (Lipinski definition) is 2. The molecule has 4 heteroatoms. The molecule has 0 heterocycles. The summed E-state index contributed by atoms with van der Waals surface area (Å²) < 4.78 is 0. The predicted octanol–water partition coefficient (Wildman–Crippen LogP) is 2.87. The van der Waals surface area contributed by atoms with Crippen molar-refractivity contribution in [1.29, 1.82) is 0 Å². The summed E-state index contributed by atoms with van der Waals surface area (Å²) >= 11 is 0. The van der Waals surface area contributed by atoms with Gasteiger partial charge in [-0.05, 0) is 18.3 Å². The number of carbonyl (C=O) groups is 2. The minimum atomic E-state index is -0.881. The summed E-state index contributed by atoms with van der Waals surface area (Å²) in [5.41, 5.74) is 0. The molecule has 100 valence electrons. The topological polar surface area (TPSA) is 74.6 Å². The molecule has 4 atom stereocenters. The van der Waals surface area contributed by atoms with Crippen LogP contribution in [-0.4, -0.2) is 22.2 Å². The maximum atomic E-state index is 11.2. The summed E-state index contributed by atoms with van der Waals surface area (Å²) in [6.45, 7) is 7.60. The Balaban J connectivity index is 4.80. The second-order valence-corrected chi connectivity index (χ2v) is 4.90. The summed E-state index contributed by atoms with van der Waals surface area (Å²) in [4.78, 5) is 22.4. The lowest BCUT2D eigenvalue weighted by Crippen LogP contribution is -2.30. The molecular weight excluding hydrogens is 220 g/mol. The van der Waals surface area contributed by atoms with Crippen LogP contribution >= 0.6 is 0 Å². The van der Waals surface area contributed by atoms with E-state index in [1.165, 1.54) is 0 Å². The van der Waals surface area contributed by atoms with Crippen molar-refractivity contribution in [3.8, 4) is 0 Å². The molecule has 0 unspecified atom stereocenters. The van der Waals surface area contributed by atoms with Crippen molar-refractivity contribution in [3.05, 3.63) is 0 Å². The van der Waals surface area contributed by atoms with Crippen LogP contribution in [0.1, 0.15) is 47.0 Å². The van der Waals surface area contributed by atoms with Gasteiger partial charge >= 0.3 is 11.9 Å². The molecule has 0 spiro atoms. The first-order chi connectivity index (χ1) is 7.84. The van der Waals surface area contributed by atoms with Gasteiger partial charge < -0.3 is 10.2 Å². The van der Waals surface area contributed by atoms with E-state index in [0.717, 1.165) is 12.8 Å². The number of aliphatic carboxylic acids is 2. The van der Waals surface area contributed by atoms with Crippen LogP contribution in [0.3, 0.4) is 0 Å². The van der Waals surface area contributed by atoms with Crippen molar-refractivity contribution in [2.75, 3.05) is 0 Å². The molecule has 4 nitrogen and oxygen atoms in total. The molecule has 0 bridgehead atoms. The Hall–Kier alpha value is -1.06. The molecule has 0 aromatic carbocycles. The van der Waals surface area contributed by atoms with Crippen molar-refractivity contribution in [2.45, 2.75) is 47.0 Å². The van der Waals surface area contributed by atoms with E-state index >= 15 is 0 Å². The highest BCUT2D eigenvalue weighted by Crippen LogP contribution is 2.29. The van der Waals surface area contributed by atoms with Crippen LogP contribution in [0.4, 0.5) is 0 Å². The average Bonchev–Trinajstić information content (AvgIpc) is 2.27. The molecule has 0 radical (unpaired) electrons.